The van der Waals surface area contributed by atoms with Gasteiger partial charge in [0.1, 0.15) is 11.8 Å². The highest BCUT2D eigenvalue weighted by Gasteiger charge is 2.19. The van der Waals surface area contributed by atoms with Gasteiger partial charge in [0, 0.05) is 19.0 Å². The molecule has 94 valence electrons. The summed E-state index contributed by atoms with van der Waals surface area (Å²) in [6.07, 6.45) is 6.73. The van der Waals surface area contributed by atoms with E-state index in [1.165, 1.54) is 0 Å². The molecule has 5 heteroatoms. The summed E-state index contributed by atoms with van der Waals surface area (Å²) < 4.78 is 7.43. The normalized spacial score (nSPS) is 20.1. The van der Waals surface area contributed by atoms with Crippen LogP contribution in [0.15, 0.2) is 24.5 Å². The molecule has 3 heterocycles. The summed E-state index contributed by atoms with van der Waals surface area (Å²) in [7, 11) is 0. The lowest BCUT2D eigenvalue weighted by Crippen LogP contribution is -2.11. The van der Waals surface area contributed by atoms with E-state index in [0.717, 1.165) is 37.2 Å². The number of aromatic carboxylic acids is 1. The van der Waals surface area contributed by atoms with E-state index in [1.807, 2.05) is 6.20 Å². The maximum absolute atomic E-state index is 10.9. The Bertz CT molecular complexity index is 585. The van der Waals surface area contributed by atoms with E-state index in [1.54, 1.807) is 22.7 Å². The predicted octanol–water partition coefficient (Wildman–Crippen LogP) is 2.27. The van der Waals surface area contributed by atoms with Crippen molar-refractivity contribution in [2.45, 2.75) is 25.4 Å². The van der Waals surface area contributed by atoms with Crippen LogP contribution in [-0.4, -0.2) is 27.1 Å². The van der Waals surface area contributed by atoms with Gasteiger partial charge in [0.05, 0.1) is 11.3 Å². The molecule has 1 aliphatic rings. The molecule has 0 bridgehead atoms. The van der Waals surface area contributed by atoms with Gasteiger partial charge < -0.3 is 14.2 Å². The first-order valence-corrected chi connectivity index (χ1v) is 6.07. The van der Waals surface area contributed by atoms with Gasteiger partial charge in [-0.3, -0.25) is 0 Å². The number of imidazole rings is 1. The van der Waals surface area contributed by atoms with Crippen LogP contribution in [0.1, 0.15) is 41.4 Å². The highest BCUT2D eigenvalue weighted by atomic mass is 16.5. The number of hydrogen-bond donors (Lipinski definition) is 1. The van der Waals surface area contributed by atoms with Crippen molar-refractivity contribution in [2.24, 2.45) is 0 Å². The third-order valence-corrected chi connectivity index (χ3v) is 3.23. The Hall–Kier alpha value is -1.88. The number of hydrogen-bond acceptors (Lipinski definition) is 3. The van der Waals surface area contributed by atoms with Crippen molar-refractivity contribution < 1.29 is 14.6 Å². The van der Waals surface area contributed by atoms with Crippen molar-refractivity contribution in [3.05, 3.63) is 35.8 Å². The molecule has 1 saturated heterocycles. The summed E-state index contributed by atoms with van der Waals surface area (Å²) in [5, 5.41) is 8.94. The van der Waals surface area contributed by atoms with Crippen LogP contribution in [0.2, 0.25) is 0 Å². The lowest BCUT2D eigenvalue weighted by atomic mass is 10.1. The average Bonchev–Trinajstić information content (AvgIpc) is 2.82. The van der Waals surface area contributed by atoms with Crippen LogP contribution in [0.25, 0.3) is 5.65 Å². The van der Waals surface area contributed by atoms with Crippen molar-refractivity contribution >= 4 is 11.6 Å². The summed E-state index contributed by atoms with van der Waals surface area (Å²) in [6, 6.07) is 3.28. The second-order valence-electron chi connectivity index (χ2n) is 4.51. The topological polar surface area (TPSA) is 63.8 Å². The van der Waals surface area contributed by atoms with Crippen LogP contribution >= 0.6 is 0 Å². The maximum atomic E-state index is 10.9. The number of carboxylic acids is 1. The van der Waals surface area contributed by atoms with Gasteiger partial charge in [-0.1, -0.05) is 0 Å². The molecule has 0 spiro atoms. The lowest BCUT2D eigenvalue weighted by Gasteiger charge is -2.20. The van der Waals surface area contributed by atoms with Crippen LogP contribution in [0.5, 0.6) is 0 Å². The van der Waals surface area contributed by atoms with Gasteiger partial charge >= 0.3 is 5.97 Å². The van der Waals surface area contributed by atoms with Crippen LogP contribution in [0.3, 0.4) is 0 Å². The summed E-state index contributed by atoms with van der Waals surface area (Å²) in [5.41, 5.74) is 1.90. The maximum Gasteiger partial charge on any atom is 0.337 e. The highest BCUT2D eigenvalue weighted by Crippen LogP contribution is 2.27. The fraction of sp³-hybridized carbons (Fsp3) is 0.385. The number of carbonyl (C=O) groups is 1. The second-order valence-corrected chi connectivity index (χ2v) is 4.51. The zero-order chi connectivity index (χ0) is 12.5. The van der Waals surface area contributed by atoms with E-state index in [0.29, 0.717) is 0 Å². The van der Waals surface area contributed by atoms with E-state index < -0.39 is 5.97 Å². The van der Waals surface area contributed by atoms with Gasteiger partial charge in [0.25, 0.3) is 0 Å². The summed E-state index contributed by atoms with van der Waals surface area (Å²) in [6.45, 7) is 0.777. The largest absolute Gasteiger partial charge is 0.478 e. The average molecular weight is 246 g/mol. The Morgan fingerprint density at radius 3 is 3.00 bits per heavy atom. The molecule has 0 saturated carbocycles. The number of rotatable bonds is 2. The Balaban J connectivity index is 1.97. The third-order valence-electron chi connectivity index (χ3n) is 3.23. The molecular formula is C13H14N2O3. The smallest absolute Gasteiger partial charge is 0.337 e. The minimum atomic E-state index is -0.930. The highest BCUT2D eigenvalue weighted by molar-refractivity contribution is 5.87. The molecule has 1 N–H and O–H groups in total. The van der Waals surface area contributed by atoms with Crippen LogP contribution < -0.4 is 0 Å². The van der Waals surface area contributed by atoms with E-state index in [-0.39, 0.29) is 11.7 Å². The fourth-order valence-electron chi connectivity index (χ4n) is 2.27. The van der Waals surface area contributed by atoms with Crippen LogP contribution in [-0.2, 0) is 4.74 Å². The Kier molecular flexibility index (Phi) is 2.76. The van der Waals surface area contributed by atoms with Crippen molar-refractivity contribution in [2.75, 3.05) is 6.61 Å². The predicted molar refractivity (Wildman–Crippen MR) is 64.7 cm³/mol. The van der Waals surface area contributed by atoms with Gasteiger partial charge in [-0.05, 0) is 31.4 Å². The van der Waals surface area contributed by atoms with Gasteiger partial charge in [-0.15, -0.1) is 0 Å². The van der Waals surface area contributed by atoms with Crippen LogP contribution in [0, 0.1) is 0 Å². The number of carboxylic acid groups (broad SMARTS) is 1. The molecule has 0 radical (unpaired) electrons. The lowest BCUT2D eigenvalue weighted by molar-refractivity contribution is 0.0126. The summed E-state index contributed by atoms with van der Waals surface area (Å²) in [5.74, 6) is -0.930. The number of ether oxygens (including phenoxy) is 1. The van der Waals surface area contributed by atoms with Gasteiger partial charge in [-0.25, -0.2) is 9.78 Å². The standard InChI is InChI=1S/C13H14N2O3/c16-13(17)9-4-5-12-14-10(8-15(12)7-9)11-3-1-2-6-18-11/h4-5,7-8,11H,1-3,6H2,(H,16,17). The van der Waals surface area contributed by atoms with Gasteiger partial charge in [0.15, 0.2) is 0 Å². The zero-order valence-corrected chi connectivity index (χ0v) is 9.87. The van der Waals surface area contributed by atoms with Crippen molar-refractivity contribution in [3.8, 4) is 0 Å². The molecule has 3 rings (SSSR count). The van der Waals surface area contributed by atoms with Crippen molar-refractivity contribution in [1.29, 1.82) is 0 Å². The SMILES string of the molecule is O=C(O)c1ccc2nc(C3CCCCO3)cn2c1. The molecular weight excluding hydrogens is 232 g/mol. The van der Waals surface area contributed by atoms with Crippen LogP contribution in [0.4, 0.5) is 0 Å². The zero-order valence-electron chi connectivity index (χ0n) is 9.87. The summed E-state index contributed by atoms with van der Waals surface area (Å²) in [4.78, 5) is 15.4. The molecule has 2 aromatic rings. The molecule has 1 fully saturated rings. The molecule has 18 heavy (non-hydrogen) atoms. The van der Waals surface area contributed by atoms with E-state index in [9.17, 15) is 4.79 Å². The molecule has 0 amide bonds. The van der Waals surface area contributed by atoms with E-state index in [2.05, 4.69) is 4.98 Å². The van der Waals surface area contributed by atoms with E-state index in [4.69, 9.17) is 9.84 Å². The Labute approximate surface area is 104 Å². The molecule has 5 nitrogen and oxygen atoms in total. The van der Waals surface area contributed by atoms with Gasteiger partial charge in [-0.2, -0.15) is 0 Å². The second kappa shape index (κ2) is 4.42. The van der Waals surface area contributed by atoms with Crippen molar-refractivity contribution in [1.82, 2.24) is 9.38 Å². The quantitative estimate of drug-likeness (QED) is 0.882. The first-order valence-electron chi connectivity index (χ1n) is 6.07. The van der Waals surface area contributed by atoms with Gasteiger partial charge in [0.2, 0.25) is 0 Å². The molecule has 1 aliphatic heterocycles. The molecule has 0 aromatic carbocycles. The molecule has 1 unspecified atom stereocenters. The fourth-order valence-corrected chi connectivity index (χ4v) is 2.27. The molecule has 1 atom stereocenters. The first-order chi connectivity index (χ1) is 8.74. The summed E-state index contributed by atoms with van der Waals surface area (Å²) >= 11 is 0. The van der Waals surface area contributed by atoms with Crippen molar-refractivity contribution in [3.63, 3.8) is 0 Å². The number of fused-ring (bicyclic) bond motifs is 1. The number of pyridine rings is 1. The molecule has 0 aliphatic carbocycles. The monoisotopic (exact) mass is 246 g/mol. The van der Waals surface area contributed by atoms with E-state index >= 15 is 0 Å². The molecule has 2 aromatic heterocycles. The minimum Gasteiger partial charge on any atom is -0.478 e. The first kappa shape index (κ1) is 11.2. The third kappa shape index (κ3) is 1.97. The Morgan fingerprint density at radius 1 is 1.39 bits per heavy atom. The number of aromatic nitrogens is 2. The Morgan fingerprint density at radius 2 is 2.28 bits per heavy atom. The minimum absolute atomic E-state index is 0.0481. The number of nitrogens with zero attached hydrogens (tertiary/aromatic N) is 2.